The van der Waals surface area contributed by atoms with E-state index in [0.29, 0.717) is 17.1 Å². The number of amides is 1. The van der Waals surface area contributed by atoms with Gasteiger partial charge in [-0.05, 0) is 19.9 Å². The Morgan fingerprint density at radius 2 is 2.35 bits per heavy atom. The maximum absolute atomic E-state index is 12.0. The lowest BCUT2D eigenvalue weighted by molar-refractivity contribution is 0.0785. The predicted octanol–water partition coefficient (Wildman–Crippen LogP) is 2.28. The number of aromatic nitrogens is 1. The first-order valence-electron chi connectivity index (χ1n) is 5.23. The van der Waals surface area contributed by atoms with Crippen molar-refractivity contribution in [1.29, 1.82) is 5.26 Å². The molecule has 1 heterocycles. The number of hydrogen-bond donors (Lipinski definition) is 0. The molecule has 1 aromatic rings. The van der Waals surface area contributed by atoms with Crippen LogP contribution in [0.2, 0.25) is 5.02 Å². The van der Waals surface area contributed by atoms with Gasteiger partial charge in [-0.15, -0.1) is 0 Å². The van der Waals surface area contributed by atoms with Crippen LogP contribution in [0.5, 0.6) is 0 Å². The van der Waals surface area contributed by atoms with Crippen LogP contribution in [-0.2, 0) is 0 Å². The van der Waals surface area contributed by atoms with Gasteiger partial charge in [0.15, 0.2) is 0 Å². The molecule has 90 valence electrons. The molecule has 1 aromatic heterocycles. The van der Waals surface area contributed by atoms with E-state index < -0.39 is 0 Å². The fraction of sp³-hybridized carbons (Fsp3) is 0.417. The van der Waals surface area contributed by atoms with Crippen molar-refractivity contribution < 1.29 is 4.79 Å². The Bertz CT molecular complexity index is 467. The molecular weight excluding hydrogens is 238 g/mol. The average Bonchev–Trinajstić information content (AvgIpc) is 2.28. The fourth-order valence-corrected chi connectivity index (χ4v) is 1.71. The van der Waals surface area contributed by atoms with Crippen molar-refractivity contribution >= 4 is 17.5 Å². The first-order chi connectivity index (χ1) is 7.95. The number of aryl methyl sites for hydroxylation is 1. The quantitative estimate of drug-likeness (QED) is 0.828. The molecule has 0 bridgehead atoms. The molecule has 1 atom stereocenters. The largest absolute Gasteiger partial charge is 0.340 e. The van der Waals surface area contributed by atoms with Gasteiger partial charge in [0.2, 0.25) is 0 Å². The molecule has 17 heavy (non-hydrogen) atoms. The van der Waals surface area contributed by atoms with Crippen LogP contribution in [0.4, 0.5) is 0 Å². The van der Waals surface area contributed by atoms with E-state index in [4.69, 9.17) is 16.9 Å². The van der Waals surface area contributed by atoms with Crippen molar-refractivity contribution in [3.05, 3.63) is 28.5 Å². The molecule has 0 N–H and O–H groups in total. The molecule has 0 aliphatic rings. The van der Waals surface area contributed by atoms with Crippen molar-refractivity contribution in [1.82, 2.24) is 9.88 Å². The zero-order chi connectivity index (χ0) is 13.0. The van der Waals surface area contributed by atoms with Crippen LogP contribution in [0, 0.1) is 24.2 Å². The van der Waals surface area contributed by atoms with E-state index in [9.17, 15) is 4.79 Å². The lowest BCUT2D eigenvalue weighted by atomic mass is 10.1. The van der Waals surface area contributed by atoms with Crippen LogP contribution in [0.25, 0.3) is 0 Å². The van der Waals surface area contributed by atoms with Gasteiger partial charge in [-0.1, -0.05) is 11.6 Å². The molecule has 0 aromatic carbocycles. The molecule has 1 amide bonds. The van der Waals surface area contributed by atoms with Crippen molar-refractivity contribution in [2.24, 2.45) is 5.92 Å². The molecule has 0 aliphatic carbocycles. The topological polar surface area (TPSA) is 57.0 Å². The molecule has 1 unspecified atom stereocenters. The molecule has 0 radical (unpaired) electrons. The Morgan fingerprint density at radius 3 is 2.88 bits per heavy atom. The summed E-state index contributed by atoms with van der Waals surface area (Å²) in [4.78, 5) is 17.5. The van der Waals surface area contributed by atoms with E-state index in [1.807, 2.05) is 6.92 Å². The molecule has 0 fully saturated rings. The first kappa shape index (κ1) is 13.5. The van der Waals surface area contributed by atoms with Crippen LogP contribution < -0.4 is 0 Å². The molecule has 1 rings (SSSR count). The second-order valence-electron chi connectivity index (χ2n) is 4.02. The lowest BCUT2D eigenvalue weighted by Crippen LogP contribution is -2.31. The standard InChI is InChI=1S/C12H14ClN3O/c1-8(5-14)7-16(3)12(17)10-6-15-9(2)4-11(10)13/h4,6,8H,7H2,1-3H3. The third kappa shape index (κ3) is 3.43. The van der Waals surface area contributed by atoms with Gasteiger partial charge in [0.1, 0.15) is 0 Å². The first-order valence-corrected chi connectivity index (χ1v) is 5.60. The molecule has 0 spiro atoms. The van der Waals surface area contributed by atoms with E-state index in [0.717, 1.165) is 5.69 Å². The fourth-order valence-electron chi connectivity index (χ4n) is 1.42. The number of carbonyl (C=O) groups excluding carboxylic acids is 1. The lowest BCUT2D eigenvalue weighted by Gasteiger charge is -2.18. The highest BCUT2D eigenvalue weighted by atomic mass is 35.5. The number of rotatable bonds is 3. The van der Waals surface area contributed by atoms with E-state index >= 15 is 0 Å². The second kappa shape index (κ2) is 5.65. The molecular formula is C12H14ClN3O. The summed E-state index contributed by atoms with van der Waals surface area (Å²) in [7, 11) is 1.65. The summed E-state index contributed by atoms with van der Waals surface area (Å²) in [5, 5.41) is 9.09. The molecule has 0 saturated heterocycles. The van der Waals surface area contributed by atoms with Gasteiger partial charge in [-0.2, -0.15) is 5.26 Å². The zero-order valence-electron chi connectivity index (χ0n) is 10.1. The zero-order valence-corrected chi connectivity index (χ0v) is 10.8. The number of nitrogens with zero attached hydrogens (tertiary/aromatic N) is 3. The van der Waals surface area contributed by atoms with E-state index in [2.05, 4.69) is 11.1 Å². The minimum absolute atomic E-state index is 0.207. The predicted molar refractivity (Wildman–Crippen MR) is 65.7 cm³/mol. The highest BCUT2D eigenvalue weighted by Gasteiger charge is 2.17. The number of pyridine rings is 1. The summed E-state index contributed by atoms with van der Waals surface area (Å²) in [5.74, 6) is -0.425. The van der Waals surface area contributed by atoms with E-state index in [1.54, 1.807) is 20.0 Å². The minimum Gasteiger partial charge on any atom is -0.340 e. The second-order valence-corrected chi connectivity index (χ2v) is 4.43. The van der Waals surface area contributed by atoms with Gasteiger partial charge in [-0.25, -0.2) is 0 Å². The molecule has 0 saturated carbocycles. The van der Waals surface area contributed by atoms with Gasteiger partial charge < -0.3 is 4.90 Å². The third-order valence-corrected chi connectivity index (χ3v) is 2.65. The average molecular weight is 252 g/mol. The monoisotopic (exact) mass is 251 g/mol. The number of hydrogen-bond acceptors (Lipinski definition) is 3. The van der Waals surface area contributed by atoms with Crippen molar-refractivity contribution in [3.63, 3.8) is 0 Å². The number of halogens is 1. The normalized spacial score (nSPS) is 11.7. The van der Waals surface area contributed by atoms with Gasteiger partial charge in [0.25, 0.3) is 5.91 Å². The summed E-state index contributed by atoms with van der Waals surface area (Å²) >= 11 is 5.99. The Morgan fingerprint density at radius 1 is 1.71 bits per heavy atom. The smallest absolute Gasteiger partial charge is 0.256 e. The summed E-state index contributed by atoms with van der Waals surface area (Å²) in [5.41, 5.74) is 1.13. The van der Waals surface area contributed by atoms with Gasteiger partial charge in [-0.3, -0.25) is 9.78 Å². The summed E-state index contributed by atoms with van der Waals surface area (Å²) in [6.45, 7) is 3.94. The highest BCUT2D eigenvalue weighted by molar-refractivity contribution is 6.33. The maximum Gasteiger partial charge on any atom is 0.256 e. The molecule has 4 nitrogen and oxygen atoms in total. The van der Waals surface area contributed by atoms with E-state index in [1.165, 1.54) is 11.1 Å². The third-order valence-electron chi connectivity index (χ3n) is 2.34. The van der Waals surface area contributed by atoms with E-state index in [-0.39, 0.29) is 11.8 Å². The summed E-state index contributed by atoms with van der Waals surface area (Å²) in [6.07, 6.45) is 1.47. The summed E-state index contributed by atoms with van der Waals surface area (Å²) in [6, 6.07) is 3.73. The Labute approximate surface area is 106 Å². The highest BCUT2D eigenvalue weighted by Crippen LogP contribution is 2.17. The van der Waals surface area contributed by atoms with Gasteiger partial charge in [0.05, 0.1) is 22.6 Å². The molecule has 0 aliphatic heterocycles. The SMILES string of the molecule is Cc1cc(Cl)c(C(=O)N(C)CC(C)C#N)cn1. The van der Waals surface area contributed by atoms with Gasteiger partial charge in [0, 0.05) is 25.5 Å². The van der Waals surface area contributed by atoms with Crippen molar-refractivity contribution in [2.75, 3.05) is 13.6 Å². The minimum atomic E-state index is -0.218. The van der Waals surface area contributed by atoms with Crippen LogP contribution in [-0.4, -0.2) is 29.4 Å². The van der Waals surface area contributed by atoms with Crippen LogP contribution in [0.15, 0.2) is 12.3 Å². The Kier molecular flexibility index (Phi) is 4.47. The Balaban J connectivity index is 2.86. The maximum atomic E-state index is 12.0. The van der Waals surface area contributed by atoms with Gasteiger partial charge >= 0.3 is 0 Å². The number of carbonyl (C=O) groups is 1. The van der Waals surface area contributed by atoms with Crippen LogP contribution in [0.3, 0.4) is 0 Å². The van der Waals surface area contributed by atoms with Crippen molar-refractivity contribution in [2.45, 2.75) is 13.8 Å². The number of nitriles is 1. The molecule has 5 heteroatoms. The van der Waals surface area contributed by atoms with Crippen LogP contribution in [0.1, 0.15) is 23.0 Å². The summed E-state index contributed by atoms with van der Waals surface area (Å²) < 4.78 is 0. The van der Waals surface area contributed by atoms with Crippen molar-refractivity contribution in [3.8, 4) is 6.07 Å². The Hall–Kier alpha value is -1.60. The van der Waals surface area contributed by atoms with Crippen LogP contribution >= 0.6 is 11.6 Å².